The van der Waals surface area contributed by atoms with E-state index in [-0.39, 0.29) is 0 Å². The summed E-state index contributed by atoms with van der Waals surface area (Å²) < 4.78 is 0. The van der Waals surface area contributed by atoms with Crippen molar-refractivity contribution < 1.29 is 0 Å². The SMILES string of the molecule is CCCCN(C)C(=NC)NCC1CCN(CCC)CC1. The standard InChI is InChI=1S/C16H34N4/c1-5-7-11-19(4)16(17-3)18-14-15-8-12-20(10-6-2)13-9-15/h15H,5-14H2,1-4H3,(H,17,18). The molecule has 0 bridgehead atoms. The zero-order valence-corrected chi connectivity index (χ0v) is 14.0. The fourth-order valence-electron chi connectivity index (χ4n) is 2.85. The van der Waals surface area contributed by atoms with E-state index in [0.29, 0.717) is 0 Å². The van der Waals surface area contributed by atoms with E-state index in [1.165, 1.54) is 51.7 Å². The molecular weight excluding hydrogens is 248 g/mol. The Morgan fingerprint density at radius 1 is 1.25 bits per heavy atom. The van der Waals surface area contributed by atoms with Gasteiger partial charge < -0.3 is 15.1 Å². The Morgan fingerprint density at radius 3 is 2.50 bits per heavy atom. The summed E-state index contributed by atoms with van der Waals surface area (Å²) >= 11 is 0. The van der Waals surface area contributed by atoms with Crippen LogP contribution in [0.2, 0.25) is 0 Å². The van der Waals surface area contributed by atoms with Crippen LogP contribution in [0.4, 0.5) is 0 Å². The van der Waals surface area contributed by atoms with Crippen molar-refractivity contribution in [2.24, 2.45) is 10.9 Å². The van der Waals surface area contributed by atoms with E-state index in [1.807, 2.05) is 7.05 Å². The van der Waals surface area contributed by atoms with E-state index in [0.717, 1.165) is 25.0 Å². The van der Waals surface area contributed by atoms with Crippen LogP contribution in [-0.4, -0.2) is 62.6 Å². The van der Waals surface area contributed by atoms with Crippen LogP contribution in [0.25, 0.3) is 0 Å². The van der Waals surface area contributed by atoms with Gasteiger partial charge in [-0.2, -0.15) is 0 Å². The van der Waals surface area contributed by atoms with Gasteiger partial charge in [-0.05, 0) is 51.2 Å². The Balaban J connectivity index is 2.25. The fraction of sp³-hybridized carbons (Fsp3) is 0.938. The molecule has 0 saturated carbocycles. The molecule has 1 heterocycles. The third kappa shape index (κ3) is 6.12. The molecule has 0 unspecified atom stereocenters. The van der Waals surface area contributed by atoms with E-state index in [2.05, 4.69) is 41.0 Å². The van der Waals surface area contributed by atoms with Crippen molar-refractivity contribution in [3.63, 3.8) is 0 Å². The number of piperidine rings is 1. The highest BCUT2D eigenvalue weighted by molar-refractivity contribution is 5.79. The predicted octanol–water partition coefficient (Wildman–Crippen LogP) is 2.42. The summed E-state index contributed by atoms with van der Waals surface area (Å²) in [6.07, 6.45) is 6.38. The van der Waals surface area contributed by atoms with Crippen LogP contribution in [-0.2, 0) is 0 Å². The molecule has 0 radical (unpaired) electrons. The van der Waals surface area contributed by atoms with Crippen LogP contribution in [0, 0.1) is 5.92 Å². The van der Waals surface area contributed by atoms with Gasteiger partial charge in [0.2, 0.25) is 0 Å². The van der Waals surface area contributed by atoms with Gasteiger partial charge in [0.05, 0.1) is 0 Å². The zero-order valence-electron chi connectivity index (χ0n) is 14.0. The van der Waals surface area contributed by atoms with Crippen LogP contribution in [0.15, 0.2) is 4.99 Å². The topological polar surface area (TPSA) is 30.9 Å². The maximum atomic E-state index is 4.39. The maximum Gasteiger partial charge on any atom is 0.193 e. The number of guanidine groups is 1. The number of unbranched alkanes of at least 4 members (excludes halogenated alkanes) is 1. The summed E-state index contributed by atoms with van der Waals surface area (Å²) in [5, 5.41) is 3.55. The highest BCUT2D eigenvalue weighted by atomic mass is 15.3. The molecule has 20 heavy (non-hydrogen) atoms. The highest BCUT2D eigenvalue weighted by Gasteiger charge is 2.19. The predicted molar refractivity (Wildman–Crippen MR) is 88.4 cm³/mol. The second kappa shape index (κ2) is 10.0. The van der Waals surface area contributed by atoms with Gasteiger partial charge in [-0.1, -0.05) is 20.3 Å². The highest BCUT2D eigenvalue weighted by Crippen LogP contribution is 2.16. The van der Waals surface area contributed by atoms with Crippen molar-refractivity contribution >= 4 is 5.96 Å². The third-order valence-electron chi connectivity index (χ3n) is 4.22. The molecule has 0 aromatic carbocycles. The van der Waals surface area contributed by atoms with Gasteiger partial charge >= 0.3 is 0 Å². The first-order valence-corrected chi connectivity index (χ1v) is 8.35. The van der Waals surface area contributed by atoms with E-state index >= 15 is 0 Å². The number of likely N-dealkylation sites (tertiary alicyclic amines) is 1. The van der Waals surface area contributed by atoms with E-state index in [9.17, 15) is 0 Å². The number of hydrogen-bond donors (Lipinski definition) is 1. The van der Waals surface area contributed by atoms with Crippen molar-refractivity contribution in [3.8, 4) is 0 Å². The lowest BCUT2D eigenvalue weighted by molar-refractivity contribution is 0.185. The molecule has 0 spiro atoms. The monoisotopic (exact) mass is 282 g/mol. The Kier molecular flexibility index (Phi) is 8.67. The number of rotatable bonds is 7. The van der Waals surface area contributed by atoms with E-state index < -0.39 is 0 Å². The molecule has 0 atom stereocenters. The molecule has 1 saturated heterocycles. The van der Waals surface area contributed by atoms with E-state index in [4.69, 9.17) is 0 Å². The van der Waals surface area contributed by atoms with Gasteiger partial charge in [0, 0.05) is 27.2 Å². The minimum Gasteiger partial charge on any atom is -0.356 e. The van der Waals surface area contributed by atoms with Crippen molar-refractivity contribution in [3.05, 3.63) is 0 Å². The van der Waals surface area contributed by atoms with Gasteiger partial charge in [-0.15, -0.1) is 0 Å². The molecule has 1 N–H and O–H groups in total. The van der Waals surface area contributed by atoms with Crippen molar-refractivity contribution in [1.82, 2.24) is 15.1 Å². The average molecular weight is 282 g/mol. The van der Waals surface area contributed by atoms with Crippen LogP contribution >= 0.6 is 0 Å². The van der Waals surface area contributed by atoms with Crippen molar-refractivity contribution in [2.75, 3.05) is 46.8 Å². The average Bonchev–Trinajstić information content (AvgIpc) is 2.47. The summed E-state index contributed by atoms with van der Waals surface area (Å²) in [6, 6.07) is 0. The summed E-state index contributed by atoms with van der Waals surface area (Å²) in [4.78, 5) is 9.23. The van der Waals surface area contributed by atoms with Crippen LogP contribution in [0.5, 0.6) is 0 Å². The van der Waals surface area contributed by atoms with Crippen molar-refractivity contribution in [1.29, 1.82) is 0 Å². The molecule has 0 amide bonds. The van der Waals surface area contributed by atoms with E-state index in [1.54, 1.807) is 0 Å². The number of nitrogens with one attached hydrogen (secondary N) is 1. The quantitative estimate of drug-likeness (QED) is 0.575. The van der Waals surface area contributed by atoms with Gasteiger partial charge in [0.25, 0.3) is 0 Å². The molecule has 0 aromatic rings. The molecule has 4 nitrogen and oxygen atoms in total. The molecular formula is C16H34N4. The van der Waals surface area contributed by atoms with Crippen LogP contribution in [0.3, 0.4) is 0 Å². The zero-order chi connectivity index (χ0) is 14.8. The van der Waals surface area contributed by atoms with Gasteiger partial charge in [-0.25, -0.2) is 0 Å². The summed E-state index contributed by atoms with van der Waals surface area (Å²) in [5.74, 6) is 1.86. The molecule has 0 aromatic heterocycles. The number of nitrogens with zero attached hydrogens (tertiary/aromatic N) is 3. The summed E-state index contributed by atoms with van der Waals surface area (Å²) in [6.45, 7) is 10.5. The Morgan fingerprint density at radius 2 is 1.95 bits per heavy atom. The first-order chi connectivity index (χ1) is 9.71. The second-order valence-electron chi connectivity index (χ2n) is 5.99. The lowest BCUT2D eigenvalue weighted by Crippen LogP contribution is -2.43. The Hall–Kier alpha value is -0.770. The summed E-state index contributed by atoms with van der Waals surface area (Å²) in [5.41, 5.74) is 0. The molecule has 1 fully saturated rings. The lowest BCUT2D eigenvalue weighted by atomic mass is 9.97. The second-order valence-corrected chi connectivity index (χ2v) is 5.99. The first-order valence-electron chi connectivity index (χ1n) is 8.35. The minimum atomic E-state index is 0.805. The van der Waals surface area contributed by atoms with Gasteiger partial charge in [0.15, 0.2) is 5.96 Å². The smallest absolute Gasteiger partial charge is 0.193 e. The maximum absolute atomic E-state index is 4.39. The Bertz CT molecular complexity index is 270. The molecule has 118 valence electrons. The first kappa shape index (κ1) is 17.3. The lowest BCUT2D eigenvalue weighted by Gasteiger charge is -2.32. The number of aliphatic imine (C=N–C) groups is 1. The van der Waals surface area contributed by atoms with Crippen LogP contribution < -0.4 is 5.32 Å². The summed E-state index contributed by atoms with van der Waals surface area (Å²) in [7, 11) is 4.02. The molecule has 0 aliphatic carbocycles. The third-order valence-corrected chi connectivity index (χ3v) is 4.22. The molecule has 4 heteroatoms. The minimum absolute atomic E-state index is 0.805. The Labute approximate surface area is 125 Å². The molecule has 1 aliphatic rings. The molecule has 1 rings (SSSR count). The molecule has 1 aliphatic heterocycles. The van der Waals surface area contributed by atoms with Crippen molar-refractivity contribution in [2.45, 2.75) is 46.0 Å². The number of hydrogen-bond acceptors (Lipinski definition) is 2. The van der Waals surface area contributed by atoms with Crippen LogP contribution in [0.1, 0.15) is 46.0 Å². The normalized spacial score (nSPS) is 18.3. The fourth-order valence-corrected chi connectivity index (χ4v) is 2.85. The van der Waals surface area contributed by atoms with Gasteiger partial charge in [-0.3, -0.25) is 4.99 Å². The van der Waals surface area contributed by atoms with Gasteiger partial charge in [0.1, 0.15) is 0 Å². The largest absolute Gasteiger partial charge is 0.356 e.